The molecule has 0 unspecified atom stereocenters. The van der Waals surface area contributed by atoms with Gasteiger partial charge in [0.25, 0.3) is 0 Å². The number of hydrogen-bond donors (Lipinski definition) is 0. The molecule has 0 saturated heterocycles. The number of benzene rings is 8. The molecule has 0 bridgehead atoms. The van der Waals surface area contributed by atoms with Gasteiger partial charge in [0.1, 0.15) is 0 Å². The summed E-state index contributed by atoms with van der Waals surface area (Å²) in [5.41, 5.74) is 5.88. The van der Waals surface area contributed by atoms with Gasteiger partial charge < -0.3 is 4.90 Å². The SMILES string of the molecule is c1ccc(N(c2ccc(-c3cc4c5ccccc5ccc4c4ccccc34)cc2)c2ccc3ccccc3c2)cc1. The molecule has 0 N–H and O–H groups in total. The first-order valence-corrected chi connectivity index (χ1v) is 14.1. The lowest BCUT2D eigenvalue weighted by Crippen LogP contribution is -2.09. The van der Waals surface area contributed by atoms with E-state index in [1.165, 1.54) is 54.2 Å². The highest BCUT2D eigenvalue weighted by molar-refractivity contribution is 6.21. The lowest BCUT2D eigenvalue weighted by Gasteiger charge is -2.26. The van der Waals surface area contributed by atoms with Gasteiger partial charge in [-0.3, -0.25) is 0 Å². The molecule has 0 aromatic heterocycles. The Kier molecular flexibility index (Phi) is 5.53. The van der Waals surface area contributed by atoms with Gasteiger partial charge in [-0.15, -0.1) is 0 Å². The van der Waals surface area contributed by atoms with Crippen molar-refractivity contribution < 1.29 is 0 Å². The molecule has 0 aliphatic rings. The standard InChI is InChI=1S/C40H27N/c1-2-13-32(14-3-1)41(34-24-18-28-10-4-5-12-31(28)26-34)33-22-19-30(20-23-33)39-27-40-35-15-7-6-11-29(35)21-25-38(40)36-16-8-9-17-37(36)39/h1-27H. The van der Waals surface area contributed by atoms with Crippen LogP contribution >= 0.6 is 0 Å². The number of para-hydroxylation sites is 1. The molecule has 0 spiro atoms. The van der Waals surface area contributed by atoms with Crippen LogP contribution < -0.4 is 4.90 Å². The zero-order valence-electron chi connectivity index (χ0n) is 22.5. The van der Waals surface area contributed by atoms with Crippen LogP contribution in [-0.2, 0) is 0 Å². The van der Waals surface area contributed by atoms with Gasteiger partial charge in [0.15, 0.2) is 0 Å². The minimum Gasteiger partial charge on any atom is -0.310 e. The molecule has 8 aromatic carbocycles. The third kappa shape index (κ3) is 4.02. The fraction of sp³-hybridized carbons (Fsp3) is 0. The highest BCUT2D eigenvalue weighted by Crippen LogP contribution is 2.40. The van der Waals surface area contributed by atoms with Crippen LogP contribution in [0.2, 0.25) is 0 Å². The Labute approximate surface area is 239 Å². The van der Waals surface area contributed by atoms with Gasteiger partial charge >= 0.3 is 0 Å². The van der Waals surface area contributed by atoms with E-state index in [0.717, 1.165) is 17.1 Å². The van der Waals surface area contributed by atoms with Crippen LogP contribution in [-0.4, -0.2) is 0 Å². The van der Waals surface area contributed by atoms with Crippen LogP contribution in [0.4, 0.5) is 17.1 Å². The second kappa shape index (κ2) is 9.66. The maximum Gasteiger partial charge on any atom is 0.0468 e. The maximum atomic E-state index is 2.38. The third-order valence-electron chi connectivity index (χ3n) is 8.21. The molecule has 41 heavy (non-hydrogen) atoms. The molecule has 0 fully saturated rings. The molecule has 192 valence electrons. The summed E-state index contributed by atoms with van der Waals surface area (Å²) in [7, 11) is 0. The molecule has 1 nitrogen and oxygen atoms in total. The number of nitrogens with zero attached hydrogens (tertiary/aromatic N) is 1. The van der Waals surface area contributed by atoms with Crippen molar-refractivity contribution in [3.8, 4) is 11.1 Å². The van der Waals surface area contributed by atoms with Gasteiger partial charge in [-0.2, -0.15) is 0 Å². The molecule has 1 heteroatoms. The Bertz CT molecular complexity index is 2190. The first-order valence-electron chi connectivity index (χ1n) is 14.1. The largest absolute Gasteiger partial charge is 0.310 e. The van der Waals surface area contributed by atoms with Gasteiger partial charge in [-0.05, 0) is 96.7 Å². The summed E-state index contributed by atoms with van der Waals surface area (Å²) < 4.78 is 0. The minimum atomic E-state index is 1.13. The van der Waals surface area contributed by atoms with Crippen molar-refractivity contribution in [3.05, 3.63) is 164 Å². The highest BCUT2D eigenvalue weighted by atomic mass is 15.1. The quantitative estimate of drug-likeness (QED) is 0.208. The molecule has 0 aliphatic heterocycles. The Morgan fingerprint density at radius 3 is 1.66 bits per heavy atom. The fourth-order valence-corrected chi connectivity index (χ4v) is 6.23. The van der Waals surface area contributed by atoms with E-state index in [9.17, 15) is 0 Å². The predicted octanol–water partition coefficient (Wildman–Crippen LogP) is 11.4. The van der Waals surface area contributed by atoms with E-state index in [1.807, 2.05) is 0 Å². The van der Waals surface area contributed by atoms with Crippen molar-refractivity contribution in [3.63, 3.8) is 0 Å². The lowest BCUT2D eigenvalue weighted by molar-refractivity contribution is 1.29. The van der Waals surface area contributed by atoms with E-state index in [-0.39, 0.29) is 0 Å². The number of fused-ring (bicyclic) bond motifs is 6. The Morgan fingerprint density at radius 1 is 0.293 bits per heavy atom. The summed E-state index contributed by atoms with van der Waals surface area (Å²) >= 11 is 0. The molecule has 0 heterocycles. The average Bonchev–Trinajstić information content (AvgIpc) is 3.05. The molecule has 0 aliphatic carbocycles. The molecule has 8 aromatic rings. The summed E-state index contributed by atoms with van der Waals surface area (Å²) in [6, 6.07) is 59.3. The third-order valence-corrected chi connectivity index (χ3v) is 8.21. The van der Waals surface area contributed by atoms with Crippen LogP contribution in [0.3, 0.4) is 0 Å². The van der Waals surface area contributed by atoms with E-state index in [0.29, 0.717) is 0 Å². The average molecular weight is 522 g/mol. The molecule has 8 rings (SSSR count). The fourth-order valence-electron chi connectivity index (χ4n) is 6.23. The topological polar surface area (TPSA) is 3.24 Å². The first kappa shape index (κ1) is 23.5. The maximum absolute atomic E-state index is 2.38. The second-order valence-corrected chi connectivity index (χ2v) is 10.6. The molecule has 0 saturated carbocycles. The lowest BCUT2D eigenvalue weighted by atomic mass is 9.91. The summed E-state index contributed by atoms with van der Waals surface area (Å²) in [5, 5.41) is 10.2. The minimum absolute atomic E-state index is 1.13. The Morgan fingerprint density at radius 2 is 0.854 bits per heavy atom. The predicted molar refractivity (Wildman–Crippen MR) is 177 cm³/mol. The van der Waals surface area contributed by atoms with Crippen LogP contribution in [0.15, 0.2) is 164 Å². The highest BCUT2D eigenvalue weighted by Gasteiger charge is 2.15. The van der Waals surface area contributed by atoms with Crippen molar-refractivity contribution >= 4 is 60.2 Å². The Balaban J connectivity index is 1.30. The van der Waals surface area contributed by atoms with Crippen molar-refractivity contribution in [2.45, 2.75) is 0 Å². The molecular formula is C40H27N. The summed E-state index contributed by atoms with van der Waals surface area (Å²) in [5.74, 6) is 0. The van der Waals surface area contributed by atoms with E-state index in [4.69, 9.17) is 0 Å². The molecule has 0 radical (unpaired) electrons. The van der Waals surface area contributed by atoms with Crippen LogP contribution in [0.25, 0.3) is 54.2 Å². The zero-order valence-corrected chi connectivity index (χ0v) is 22.5. The summed E-state index contributed by atoms with van der Waals surface area (Å²) in [6.07, 6.45) is 0. The summed E-state index contributed by atoms with van der Waals surface area (Å²) in [4.78, 5) is 2.34. The van der Waals surface area contributed by atoms with Gasteiger partial charge in [0.05, 0.1) is 0 Å². The van der Waals surface area contributed by atoms with E-state index < -0.39 is 0 Å². The number of rotatable bonds is 4. The monoisotopic (exact) mass is 521 g/mol. The van der Waals surface area contributed by atoms with Crippen molar-refractivity contribution in [1.29, 1.82) is 0 Å². The second-order valence-electron chi connectivity index (χ2n) is 10.6. The van der Waals surface area contributed by atoms with E-state index in [2.05, 4.69) is 169 Å². The number of anilines is 3. The normalized spacial score (nSPS) is 11.4. The van der Waals surface area contributed by atoms with E-state index in [1.54, 1.807) is 0 Å². The van der Waals surface area contributed by atoms with Crippen molar-refractivity contribution in [1.82, 2.24) is 0 Å². The van der Waals surface area contributed by atoms with Crippen molar-refractivity contribution in [2.75, 3.05) is 4.90 Å². The zero-order chi connectivity index (χ0) is 27.2. The summed E-state index contributed by atoms with van der Waals surface area (Å²) in [6.45, 7) is 0. The van der Waals surface area contributed by atoms with Gasteiger partial charge in [0, 0.05) is 17.1 Å². The molecule has 0 amide bonds. The first-order chi connectivity index (χ1) is 20.3. The van der Waals surface area contributed by atoms with Crippen LogP contribution in [0.5, 0.6) is 0 Å². The molecular weight excluding hydrogens is 494 g/mol. The van der Waals surface area contributed by atoms with Crippen LogP contribution in [0.1, 0.15) is 0 Å². The Hall–Kier alpha value is -5.40. The number of hydrogen-bond acceptors (Lipinski definition) is 1. The molecule has 0 atom stereocenters. The van der Waals surface area contributed by atoms with Crippen molar-refractivity contribution in [2.24, 2.45) is 0 Å². The van der Waals surface area contributed by atoms with Gasteiger partial charge in [-0.25, -0.2) is 0 Å². The van der Waals surface area contributed by atoms with Gasteiger partial charge in [0.2, 0.25) is 0 Å². The van der Waals surface area contributed by atoms with Crippen LogP contribution in [0, 0.1) is 0 Å². The smallest absolute Gasteiger partial charge is 0.0468 e. The van der Waals surface area contributed by atoms with Gasteiger partial charge in [-0.1, -0.05) is 121 Å². The van der Waals surface area contributed by atoms with E-state index >= 15 is 0 Å².